The van der Waals surface area contributed by atoms with Crippen molar-refractivity contribution in [2.75, 3.05) is 6.54 Å². The van der Waals surface area contributed by atoms with Crippen molar-refractivity contribution in [2.45, 2.75) is 46.3 Å². The highest BCUT2D eigenvalue weighted by molar-refractivity contribution is 5.80. The van der Waals surface area contributed by atoms with Crippen LogP contribution in [0.3, 0.4) is 0 Å². The Morgan fingerprint density at radius 1 is 1.12 bits per heavy atom. The van der Waals surface area contributed by atoms with E-state index in [9.17, 15) is 4.79 Å². The van der Waals surface area contributed by atoms with Crippen molar-refractivity contribution in [3.63, 3.8) is 0 Å². The van der Waals surface area contributed by atoms with Gasteiger partial charge in [0.25, 0.3) is 5.56 Å². The third-order valence-corrected chi connectivity index (χ3v) is 4.03. The van der Waals surface area contributed by atoms with Gasteiger partial charge in [0, 0.05) is 24.8 Å². The lowest BCUT2D eigenvalue weighted by atomic mass is 10.1. The van der Waals surface area contributed by atoms with Crippen molar-refractivity contribution in [2.24, 2.45) is 4.99 Å². The van der Waals surface area contributed by atoms with Gasteiger partial charge in [-0.15, -0.1) is 0 Å². The van der Waals surface area contributed by atoms with Gasteiger partial charge in [-0.05, 0) is 37.5 Å². The molecule has 25 heavy (non-hydrogen) atoms. The molecule has 0 saturated heterocycles. The standard InChI is InChI=1S/C20H28N4O/c1-4-16(3)23-20(21-5-2)22-14-17-9-11-18(12-10-17)15-24-13-7-6-8-19(24)25/h6-13,16H,4-5,14-15H2,1-3H3,(H2,21,22,23). The summed E-state index contributed by atoms with van der Waals surface area (Å²) in [5.74, 6) is 0.844. The lowest BCUT2D eigenvalue weighted by Crippen LogP contribution is -2.41. The maximum Gasteiger partial charge on any atom is 0.250 e. The van der Waals surface area contributed by atoms with Crippen LogP contribution < -0.4 is 16.2 Å². The third-order valence-electron chi connectivity index (χ3n) is 4.03. The molecule has 2 N–H and O–H groups in total. The first-order valence-electron chi connectivity index (χ1n) is 8.90. The second-order valence-electron chi connectivity index (χ2n) is 6.13. The molecule has 5 heteroatoms. The Balaban J connectivity index is 2.00. The largest absolute Gasteiger partial charge is 0.357 e. The molecule has 0 saturated carbocycles. The fourth-order valence-electron chi connectivity index (χ4n) is 2.36. The predicted molar refractivity (Wildman–Crippen MR) is 104 cm³/mol. The van der Waals surface area contributed by atoms with E-state index in [1.54, 1.807) is 16.7 Å². The quantitative estimate of drug-likeness (QED) is 0.602. The summed E-state index contributed by atoms with van der Waals surface area (Å²) in [5.41, 5.74) is 2.26. The minimum absolute atomic E-state index is 0.0163. The van der Waals surface area contributed by atoms with Gasteiger partial charge in [-0.2, -0.15) is 0 Å². The molecule has 0 fully saturated rings. The number of benzene rings is 1. The Morgan fingerprint density at radius 2 is 1.84 bits per heavy atom. The van der Waals surface area contributed by atoms with E-state index in [1.807, 2.05) is 12.3 Å². The van der Waals surface area contributed by atoms with Crippen molar-refractivity contribution < 1.29 is 0 Å². The van der Waals surface area contributed by atoms with Crippen LogP contribution in [0.15, 0.2) is 58.4 Å². The zero-order valence-corrected chi connectivity index (χ0v) is 15.3. The van der Waals surface area contributed by atoms with Crippen LogP contribution in [0.2, 0.25) is 0 Å². The van der Waals surface area contributed by atoms with Crippen LogP contribution in [0.25, 0.3) is 0 Å². The first kappa shape index (κ1) is 18.8. The summed E-state index contributed by atoms with van der Waals surface area (Å²) in [6.45, 7) is 8.41. The molecular weight excluding hydrogens is 312 g/mol. The number of pyridine rings is 1. The molecule has 0 amide bonds. The highest BCUT2D eigenvalue weighted by Gasteiger charge is 2.03. The van der Waals surface area contributed by atoms with Crippen LogP contribution in [-0.4, -0.2) is 23.1 Å². The van der Waals surface area contributed by atoms with Gasteiger partial charge < -0.3 is 15.2 Å². The van der Waals surface area contributed by atoms with E-state index in [-0.39, 0.29) is 5.56 Å². The molecule has 1 unspecified atom stereocenters. The summed E-state index contributed by atoms with van der Waals surface area (Å²) in [6, 6.07) is 13.9. The molecule has 0 aliphatic heterocycles. The van der Waals surface area contributed by atoms with Crippen LogP contribution in [-0.2, 0) is 13.1 Å². The topological polar surface area (TPSA) is 58.4 Å². The van der Waals surface area contributed by atoms with Crippen molar-refractivity contribution in [3.05, 3.63) is 70.1 Å². The first-order valence-corrected chi connectivity index (χ1v) is 8.90. The molecule has 5 nitrogen and oxygen atoms in total. The molecule has 1 heterocycles. The average molecular weight is 340 g/mol. The second-order valence-corrected chi connectivity index (χ2v) is 6.13. The molecule has 134 valence electrons. The van der Waals surface area contributed by atoms with Crippen LogP contribution in [0.1, 0.15) is 38.3 Å². The van der Waals surface area contributed by atoms with Crippen LogP contribution in [0.4, 0.5) is 0 Å². The number of aliphatic imine (C=N–C) groups is 1. The summed E-state index contributed by atoms with van der Waals surface area (Å²) < 4.78 is 1.70. The zero-order valence-electron chi connectivity index (χ0n) is 15.3. The normalized spacial score (nSPS) is 12.7. The third kappa shape index (κ3) is 6.10. The number of guanidine groups is 1. The summed E-state index contributed by atoms with van der Waals surface area (Å²) >= 11 is 0. The predicted octanol–water partition coefficient (Wildman–Crippen LogP) is 2.75. The van der Waals surface area contributed by atoms with Crippen LogP contribution >= 0.6 is 0 Å². The molecule has 1 aromatic carbocycles. The average Bonchev–Trinajstić information content (AvgIpc) is 2.63. The molecule has 2 aromatic rings. The molecule has 1 atom stereocenters. The van der Waals surface area contributed by atoms with Gasteiger partial charge in [0.05, 0.1) is 13.1 Å². The van der Waals surface area contributed by atoms with Gasteiger partial charge in [0.1, 0.15) is 0 Å². The van der Waals surface area contributed by atoms with E-state index >= 15 is 0 Å². The number of nitrogens with zero attached hydrogens (tertiary/aromatic N) is 2. The number of aromatic nitrogens is 1. The van der Waals surface area contributed by atoms with E-state index in [0.29, 0.717) is 19.1 Å². The summed E-state index contributed by atoms with van der Waals surface area (Å²) in [5, 5.41) is 6.66. The van der Waals surface area contributed by atoms with E-state index in [4.69, 9.17) is 0 Å². The number of hydrogen-bond donors (Lipinski definition) is 2. The van der Waals surface area contributed by atoms with E-state index in [0.717, 1.165) is 30.1 Å². The lowest BCUT2D eigenvalue weighted by Gasteiger charge is -2.16. The lowest BCUT2D eigenvalue weighted by molar-refractivity contribution is 0.624. The Kier molecular flexibility index (Phi) is 7.26. The Bertz CT molecular complexity index is 734. The SMILES string of the molecule is CCNC(=NCc1ccc(Cn2ccccc2=O)cc1)NC(C)CC. The minimum atomic E-state index is 0.0163. The molecular formula is C20H28N4O. The first-order chi connectivity index (χ1) is 12.1. The Hall–Kier alpha value is -2.56. The summed E-state index contributed by atoms with van der Waals surface area (Å²) in [7, 11) is 0. The van der Waals surface area contributed by atoms with E-state index < -0.39 is 0 Å². The smallest absolute Gasteiger partial charge is 0.250 e. The van der Waals surface area contributed by atoms with E-state index in [2.05, 4.69) is 60.7 Å². The van der Waals surface area contributed by atoms with Crippen molar-refractivity contribution in [1.82, 2.24) is 15.2 Å². The number of nitrogens with one attached hydrogen (secondary N) is 2. The highest BCUT2D eigenvalue weighted by Crippen LogP contribution is 2.07. The van der Waals surface area contributed by atoms with Crippen LogP contribution in [0.5, 0.6) is 0 Å². The van der Waals surface area contributed by atoms with E-state index in [1.165, 1.54) is 0 Å². The molecule has 0 aliphatic rings. The Labute approximate surface area is 149 Å². The fraction of sp³-hybridized carbons (Fsp3) is 0.400. The summed E-state index contributed by atoms with van der Waals surface area (Å²) in [4.78, 5) is 16.4. The molecule has 1 aromatic heterocycles. The zero-order chi connectivity index (χ0) is 18.1. The van der Waals surface area contributed by atoms with Crippen molar-refractivity contribution in [1.29, 1.82) is 0 Å². The minimum Gasteiger partial charge on any atom is -0.357 e. The van der Waals surface area contributed by atoms with Crippen LogP contribution in [0, 0.1) is 0 Å². The molecule has 2 rings (SSSR count). The van der Waals surface area contributed by atoms with Gasteiger partial charge in [-0.25, -0.2) is 4.99 Å². The molecule has 0 aliphatic carbocycles. The van der Waals surface area contributed by atoms with Gasteiger partial charge in [0.15, 0.2) is 5.96 Å². The number of hydrogen-bond acceptors (Lipinski definition) is 2. The van der Waals surface area contributed by atoms with Gasteiger partial charge in [-0.3, -0.25) is 4.79 Å². The van der Waals surface area contributed by atoms with Crippen molar-refractivity contribution >= 4 is 5.96 Å². The molecule has 0 radical (unpaired) electrons. The van der Waals surface area contributed by atoms with Gasteiger partial charge in [-0.1, -0.05) is 37.3 Å². The second kappa shape index (κ2) is 9.67. The van der Waals surface area contributed by atoms with Crippen molar-refractivity contribution in [3.8, 4) is 0 Å². The fourth-order valence-corrected chi connectivity index (χ4v) is 2.36. The highest BCUT2D eigenvalue weighted by atomic mass is 16.1. The molecule has 0 spiro atoms. The summed E-state index contributed by atoms with van der Waals surface area (Å²) in [6.07, 6.45) is 2.86. The monoisotopic (exact) mass is 340 g/mol. The maximum absolute atomic E-state index is 11.8. The van der Waals surface area contributed by atoms with Gasteiger partial charge in [0.2, 0.25) is 0 Å². The maximum atomic E-state index is 11.8. The number of rotatable bonds is 7. The Morgan fingerprint density at radius 3 is 2.48 bits per heavy atom. The van der Waals surface area contributed by atoms with Gasteiger partial charge >= 0.3 is 0 Å². The molecule has 0 bridgehead atoms.